The molecule has 0 amide bonds. The molecule has 10 heteroatoms. The first-order chi connectivity index (χ1) is 9.70. The number of nitrogens with one attached hydrogen (secondary N) is 1. The summed E-state index contributed by atoms with van der Waals surface area (Å²) in [7, 11) is 0.939. The molecule has 2 heterocycles. The maximum atomic E-state index is 11.8. The zero-order valence-electron chi connectivity index (χ0n) is 11.3. The number of hydrogen-bond donors (Lipinski definition) is 1. The maximum Gasteiger partial charge on any atom is 0.328 e. The van der Waals surface area contributed by atoms with Crippen LogP contribution < -0.4 is 11.2 Å². The summed E-state index contributed by atoms with van der Waals surface area (Å²) in [5.41, 5.74) is -1.07. The number of aromatic nitrogens is 4. The third kappa shape index (κ3) is 3.24. The van der Waals surface area contributed by atoms with Gasteiger partial charge in [-0.1, -0.05) is 0 Å². The Labute approximate surface area is 124 Å². The lowest BCUT2D eigenvalue weighted by Crippen LogP contribution is -2.32. The first-order valence-electron chi connectivity index (χ1n) is 5.99. The summed E-state index contributed by atoms with van der Waals surface area (Å²) in [5.74, 6) is 0. The molecule has 21 heavy (non-hydrogen) atoms. The Morgan fingerprint density at radius 2 is 2.05 bits per heavy atom. The van der Waals surface area contributed by atoms with E-state index in [2.05, 4.69) is 4.98 Å². The molecule has 2 rings (SSSR count). The second-order valence-electron chi connectivity index (χ2n) is 4.70. The minimum Gasteiger partial charge on any atom is -0.330 e. The van der Waals surface area contributed by atoms with Crippen molar-refractivity contribution < 1.29 is 8.42 Å². The lowest BCUT2D eigenvalue weighted by Gasteiger charge is -2.12. The van der Waals surface area contributed by atoms with E-state index < -0.39 is 25.2 Å². The summed E-state index contributed by atoms with van der Waals surface area (Å²) in [6.45, 7) is 3.94. The summed E-state index contributed by atoms with van der Waals surface area (Å²) in [6, 6.07) is 0.122. The topological polar surface area (TPSA) is 107 Å². The Balaban J connectivity index is 2.53. The van der Waals surface area contributed by atoms with Gasteiger partial charge < -0.3 is 4.57 Å². The van der Waals surface area contributed by atoms with E-state index in [1.54, 1.807) is 12.5 Å². The molecule has 0 saturated carbocycles. The molecule has 0 saturated heterocycles. The van der Waals surface area contributed by atoms with E-state index in [4.69, 9.17) is 10.7 Å². The molecule has 0 atom stereocenters. The number of rotatable bonds is 4. The standard InChI is InChI=1S/C11H13ClN4O4S/c1-7(2)16-6-13-3-8(16)4-15-5-9(21(12,19)20)10(17)14-11(15)18/h3,5-7H,4H2,1-2H3,(H,14,17,18). The number of halogens is 1. The van der Waals surface area contributed by atoms with Crippen LogP contribution in [0.25, 0.3) is 0 Å². The van der Waals surface area contributed by atoms with Crippen LogP contribution in [0.4, 0.5) is 0 Å². The fraction of sp³-hybridized carbons (Fsp3) is 0.364. The van der Waals surface area contributed by atoms with Gasteiger partial charge in [-0.2, -0.15) is 0 Å². The van der Waals surface area contributed by atoms with Gasteiger partial charge in [0.05, 0.1) is 18.6 Å². The van der Waals surface area contributed by atoms with Crippen LogP contribution in [0.1, 0.15) is 25.6 Å². The molecule has 2 aromatic rings. The molecular formula is C11H13ClN4O4S. The predicted octanol–water partition coefficient (Wildman–Crippen LogP) is 0.290. The second kappa shape index (κ2) is 5.49. The Bertz CT molecular complexity index is 878. The van der Waals surface area contributed by atoms with E-state index in [9.17, 15) is 18.0 Å². The van der Waals surface area contributed by atoms with Crippen LogP contribution in [0.2, 0.25) is 0 Å². The molecule has 1 N–H and O–H groups in total. The third-order valence-corrected chi connectivity index (χ3v) is 4.19. The first kappa shape index (κ1) is 15.5. The lowest BCUT2D eigenvalue weighted by atomic mass is 10.3. The molecular weight excluding hydrogens is 320 g/mol. The minimum atomic E-state index is -4.23. The van der Waals surface area contributed by atoms with Crippen molar-refractivity contribution >= 4 is 19.7 Å². The van der Waals surface area contributed by atoms with Crippen LogP contribution in [0.15, 0.2) is 33.2 Å². The van der Waals surface area contributed by atoms with Gasteiger partial charge in [-0.3, -0.25) is 14.3 Å². The summed E-state index contributed by atoms with van der Waals surface area (Å²) >= 11 is 0. The highest BCUT2D eigenvalue weighted by Gasteiger charge is 2.18. The van der Waals surface area contributed by atoms with Gasteiger partial charge in [0.1, 0.15) is 0 Å². The fourth-order valence-electron chi connectivity index (χ4n) is 1.87. The summed E-state index contributed by atoms with van der Waals surface area (Å²) in [6.07, 6.45) is 4.10. The second-order valence-corrected chi connectivity index (χ2v) is 7.24. The number of H-pyrrole nitrogens is 1. The molecule has 0 radical (unpaired) electrons. The zero-order chi connectivity index (χ0) is 15.8. The average Bonchev–Trinajstić information content (AvgIpc) is 2.79. The predicted molar refractivity (Wildman–Crippen MR) is 76.1 cm³/mol. The van der Waals surface area contributed by atoms with Crippen LogP contribution >= 0.6 is 10.7 Å². The van der Waals surface area contributed by atoms with E-state index in [-0.39, 0.29) is 12.6 Å². The maximum absolute atomic E-state index is 11.8. The van der Waals surface area contributed by atoms with E-state index in [1.165, 1.54) is 0 Å². The molecule has 0 bridgehead atoms. The van der Waals surface area contributed by atoms with Gasteiger partial charge in [-0.05, 0) is 13.8 Å². The quantitative estimate of drug-likeness (QED) is 0.810. The Kier molecular flexibility index (Phi) is 4.06. The van der Waals surface area contributed by atoms with E-state index in [0.29, 0.717) is 5.69 Å². The first-order valence-corrected chi connectivity index (χ1v) is 8.30. The summed E-state index contributed by atoms with van der Waals surface area (Å²) in [4.78, 5) is 28.5. The van der Waals surface area contributed by atoms with Crippen LogP contribution in [0.5, 0.6) is 0 Å². The normalized spacial score (nSPS) is 12.0. The van der Waals surface area contributed by atoms with Crippen LogP contribution in [0.3, 0.4) is 0 Å². The lowest BCUT2D eigenvalue weighted by molar-refractivity contribution is 0.551. The van der Waals surface area contributed by atoms with Crippen LogP contribution in [0, 0.1) is 0 Å². The molecule has 2 aromatic heterocycles. The Hall–Kier alpha value is -1.87. The van der Waals surface area contributed by atoms with Gasteiger partial charge in [0, 0.05) is 29.1 Å². The number of nitrogens with zero attached hydrogens (tertiary/aromatic N) is 3. The number of imidazole rings is 1. The minimum absolute atomic E-state index is 0.0627. The smallest absolute Gasteiger partial charge is 0.328 e. The van der Waals surface area contributed by atoms with Crippen LogP contribution in [-0.4, -0.2) is 27.5 Å². The molecule has 8 nitrogen and oxygen atoms in total. The van der Waals surface area contributed by atoms with Crippen molar-refractivity contribution in [1.29, 1.82) is 0 Å². The molecule has 0 aliphatic carbocycles. The van der Waals surface area contributed by atoms with Crippen molar-refractivity contribution in [2.75, 3.05) is 0 Å². The average molecular weight is 333 g/mol. The van der Waals surface area contributed by atoms with Gasteiger partial charge in [-0.25, -0.2) is 18.2 Å². The molecule has 0 spiro atoms. The highest BCUT2D eigenvalue weighted by molar-refractivity contribution is 8.13. The number of hydrogen-bond acceptors (Lipinski definition) is 5. The monoisotopic (exact) mass is 332 g/mol. The van der Waals surface area contributed by atoms with Gasteiger partial charge in [0.2, 0.25) is 0 Å². The van der Waals surface area contributed by atoms with Gasteiger partial charge >= 0.3 is 5.69 Å². The SMILES string of the molecule is CC(C)n1cncc1Cn1cc(S(=O)(=O)Cl)c(=O)[nH]c1=O. The van der Waals surface area contributed by atoms with Crippen molar-refractivity contribution in [1.82, 2.24) is 19.1 Å². The highest BCUT2D eigenvalue weighted by Crippen LogP contribution is 2.11. The zero-order valence-corrected chi connectivity index (χ0v) is 12.8. The van der Waals surface area contributed by atoms with Gasteiger partial charge in [-0.15, -0.1) is 0 Å². The molecule has 0 aliphatic rings. The molecule has 114 valence electrons. The summed E-state index contributed by atoms with van der Waals surface area (Å²) in [5, 5.41) is 0. The largest absolute Gasteiger partial charge is 0.330 e. The van der Waals surface area contributed by atoms with E-state index >= 15 is 0 Å². The molecule has 0 aliphatic heterocycles. The van der Waals surface area contributed by atoms with Gasteiger partial charge in [0.25, 0.3) is 14.6 Å². The number of aromatic amines is 1. The van der Waals surface area contributed by atoms with E-state index in [1.807, 2.05) is 23.4 Å². The van der Waals surface area contributed by atoms with Gasteiger partial charge in [0.15, 0.2) is 4.90 Å². The molecule has 0 fully saturated rings. The van der Waals surface area contributed by atoms with Crippen molar-refractivity contribution in [3.63, 3.8) is 0 Å². The molecule has 0 unspecified atom stereocenters. The van der Waals surface area contributed by atoms with Crippen LogP contribution in [-0.2, 0) is 15.6 Å². The highest BCUT2D eigenvalue weighted by atomic mass is 35.7. The van der Waals surface area contributed by atoms with E-state index in [0.717, 1.165) is 10.8 Å². The third-order valence-electron chi connectivity index (χ3n) is 2.88. The van der Waals surface area contributed by atoms with Crippen molar-refractivity contribution in [2.24, 2.45) is 0 Å². The Morgan fingerprint density at radius 1 is 1.38 bits per heavy atom. The van der Waals surface area contributed by atoms with Crippen molar-refractivity contribution in [3.05, 3.63) is 45.3 Å². The fourth-order valence-corrected chi connectivity index (χ4v) is 2.73. The van der Waals surface area contributed by atoms with Crippen molar-refractivity contribution in [3.8, 4) is 0 Å². The Morgan fingerprint density at radius 3 is 2.62 bits per heavy atom. The molecule has 0 aromatic carbocycles. The summed E-state index contributed by atoms with van der Waals surface area (Å²) < 4.78 is 25.5. The van der Waals surface area contributed by atoms with Crippen molar-refractivity contribution in [2.45, 2.75) is 31.3 Å².